The zero-order valence-electron chi connectivity index (χ0n) is 24.7. The highest BCUT2D eigenvalue weighted by Gasteiger charge is 2.45. The molecule has 43 heavy (non-hydrogen) atoms. The molecule has 8 nitrogen and oxygen atoms in total. The molecule has 11 heteroatoms. The van der Waals surface area contributed by atoms with Crippen LogP contribution in [0.4, 0.5) is 13.6 Å². The molecule has 3 aromatic rings. The first kappa shape index (κ1) is 31.7. The van der Waals surface area contributed by atoms with Crippen LogP contribution in [-0.2, 0) is 26.4 Å². The minimum atomic E-state index is -1.16. The van der Waals surface area contributed by atoms with Crippen LogP contribution in [-0.4, -0.2) is 53.4 Å². The Morgan fingerprint density at radius 1 is 1.07 bits per heavy atom. The number of amides is 3. The predicted octanol–water partition coefficient (Wildman–Crippen LogP) is 6.33. The summed E-state index contributed by atoms with van der Waals surface area (Å²) in [6, 6.07) is 15.0. The Bertz CT molecular complexity index is 1540. The summed E-state index contributed by atoms with van der Waals surface area (Å²) >= 11 is 6.19. The fraction of sp³-hybridized carbons (Fsp3) is 0.344. The van der Waals surface area contributed by atoms with Crippen LogP contribution in [0.1, 0.15) is 43.9 Å². The molecule has 1 atom stereocenters. The van der Waals surface area contributed by atoms with Crippen LogP contribution in [0.3, 0.4) is 0 Å². The number of rotatable bonds is 6. The van der Waals surface area contributed by atoms with Crippen molar-refractivity contribution >= 4 is 29.5 Å². The van der Waals surface area contributed by atoms with Crippen molar-refractivity contribution in [2.24, 2.45) is 0 Å². The van der Waals surface area contributed by atoms with Crippen molar-refractivity contribution in [1.82, 2.24) is 15.1 Å². The minimum absolute atomic E-state index is 0.0102. The summed E-state index contributed by atoms with van der Waals surface area (Å²) in [7, 11) is 1.48. The van der Waals surface area contributed by atoms with E-state index in [2.05, 4.69) is 5.32 Å². The molecule has 1 saturated heterocycles. The molecule has 1 N–H and O–H groups in total. The summed E-state index contributed by atoms with van der Waals surface area (Å²) in [6.07, 6.45) is -0.480. The molecule has 1 aliphatic rings. The maximum atomic E-state index is 14.2. The number of likely N-dealkylation sites (N-methyl/N-ethyl adjacent to an activating group) is 1. The quantitative estimate of drug-likeness (QED) is 0.328. The van der Waals surface area contributed by atoms with Crippen LogP contribution >= 0.6 is 11.6 Å². The monoisotopic (exact) mass is 613 g/mol. The van der Waals surface area contributed by atoms with E-state index in [-0.39, 0.29) is 31.9 Å². The first-order valence-corrected chi connectivity index (χ1v) is 14.1. The normalized spacial score (nSPS) is 16.5. The molecular weight excluding hydrogens is 580 g/mol. The highest BCUT2D eigenvalue weighted by Crippen LogP contribution is 2.34. The number of hydrogen-bond donors (Lipinski definition) is 1. The molecule has 0 radical (unpaired) electrons. The summed E-state index contributed by atoms with van der Waals surface area (Å²) in [5, 5.41) is 3.22. The summed E-state index contributed by atoms with van der Waals surface area (Å²) in [5.74, 6) is -1.70. The number of halogens is 3. The molecule has 0 aliphatic carbocycles. The van der Waals surface area contributed by atoms with Gasteiger partial charge in [0.05, 0.1) is 5.54 Å². The number of nitrogens with one attached hydrogen (secondary N) is 1. The molecule has 1 fully saturated rings. The van der Waals surface area contributed by atoms with Gasteiger partial charge >= 0.3 is 17.9 Å². The molecule has 1 aliphatic heterocycles. The van der Waals surface area contributed by atoms with Gasteiger partial charge in [-0.2, -0.15) is 0 Å². The SMILES string of the molecule is Cc1cc(Oc2cc(Cl)ccc2CN(C)C(=O)C(=O)N2CCC(NC(=O)OC(C)(C)C)(c3cccc(F)c3)C2)ccc1F. The van der Waals surface area contributed by atoms with Crippen molar-refractivity contribution in [2.45, 2.75) is 51.8 Å². The van der Waals surface area contributed by atoms with E-state index in [1.807, 2.05) is 0 Å². The lowest BCUT2D eigenvalue weighted by Gasteiger charge is -2.32. The second-order valence-electron chi connectivity index (χ2n) is 11.6. The number of carbonyl (C=O) groups is 3. The van der Waals surface area contributed by atoms with Crippen molar-refractivity contribution in [3.63, 3.8) is 0 Å². The van der Waals surface area contributed by atoms with Gasteiger partial charge in [-0.15, -0.1) is 0 Å². The Hall–Kier alpha value is -4.18. The highest BCUT2D eigenvalue weighted by molar-refractivity contribution is 6.35. The van der Waals surface area contributed by atoms with Crippen molar-refractivity contribution in [3.05, 3.63) is 94.0 Å². The Morgan fingerprint density at radius 3 is 2.49 bits per heavy atom. The molecule has 0 aromatic heterocycles. The van der Waals surface area contributed by atoms with Gasteiger partial charge in [0.15, 0.2) is 0 Å². The van der Waals surface area contributed by atoms with Gasteiger partial charge in [-0.3, -0.25) is 9.59 Å². The zero-order valence-corrected chi connectivity index (χ0v) is 25.4. The van der Waals surface area contributed by atoms with E-state index in [0.717, 1.165) is 0 Å². The highest BCUT2D eigenvalue weighted by atomic mass is 35.5. The Morgan fingerprint density at radius 2 is 1.81 bits per heavy atom. The van der Waals surface area contributed by atoms with Crippen molar-refractivity contribution in [2.75, 3.05) is 20.1 Å². The van der Waals surface area contributed by atoms with Crippen LogP contribution < -0.4 is 10.1 Å². The molecule has 0 saturated carbocycles. The third-order valence-electron chi connectivity index (χ3n) is 7.00. The van der Waals surface area contributed by atoms with E-state index in [9.17, 15) is 23.2 Å². The van der Waals surface area contributed by atoms with Crippen LogP contribution in [0.25, 0.3) is 0 Å². The van der Waals surface area contributed by atoms with E-state index >= 15 is 0 Å². The summed E-state index contributed by atoms with van der Waals surface area (Å²) in [4.78, 5) is 42.1. The largest absolute Gasteiger partial charge is 0.457 e. The molecule has 4 rings (SSSR count). The molecule has 1 heterocycles. The molecule has 3 aromatic carbocycles. The lowest BCUT2D eigenvalue weighted by atomic mass is 9.89. The topological polar surface area (TPSA) is 88.2 Å². The number of hydrogen-bond acceptors (Lipinski definition) is 5. The Labute approximate surface area is 254 Å². The molecule has 0 bridgehead atoms. The second kappa shape index (κ2) is 12.6. The molecule has 0 spiro atoms. The van der Waals surface area contributed by atoms with E-state index in [1.165, 1.54) is 47.2 Å². The van der Waals surface area contributed by atoms with Crippen molar-refractivity contribution < 1.29 is 32.6 Å². The van der Waals surface area contributed by atoms with Crippen LogP contribution in [0.2, 0.25) is 5.02 Å². The first-order valence-electron chi connectivity index (χ1n) is 13.7. The number of nitrogens with zero attached hydrogens (tertiary/aromatic N) is 2. The molecule has 1 unspecified atom stereocenters. The van der Waals surface area contributed by atoms with Gasteiger partial charge in [-0.05, 0) is 87.7 Å². The number of likely N-dealkylation sites (tertiary alicyclic amines) is 1. The minimum Gasteiger partial charge on any atom is -0.457 e. The van der Waals surface area contributed by atoms with Gasteiger partial charge in [0.25, 0.3) is 0 Å². The first-order chi connectivity index (χ1) is 20.2. The number of carbonyl (C=O) groups excluding carboxylic acids is 3. The van der Waals surface area contributed by atoms with E-state index in [4.69, 9.17) is 21.1 Å². The predicted molar refractivity (Wildman–Crippen MR) is 158 cm³/mol. The van der Waals surface area contributed by atoms with Crippen LogP contribution in [0, 0.1) is 18.6 Å². The van der Waals surface area contributed by atoms with Crippen LogP contribution in [0.5, 0.6) is 11.5 Å². The van der Waals surface area contributed by atoms with E-state index < -0.39 is 34.9 Å². The third-order valence-corrected chi connectivity index (χ3v) is 7.23. The number of ether oxygens (including phenoxy) is 2. The standard InChI is InChI=1S/C32H34ClF2N3O5/c1-20-15-25(11-12-26(20)35)42-27-17-23(33)10-9-21(27)18-37(5)28(39)29(40)38-14-13-32(19-38,22-7-6-8-24(34)16-22)36-30(41)43-31(2,3)4/h6-12,15-17H,13-14,18-19H2,1-5H3,(H,36,41). The smallest absolute Gasteiger partial charge is 0.408 e. The van der Waals surface area contributed by atoms with Gasteiger partial charge in [-0.25, -0.2) is 13.6 Å². The van der Waals surface area contributed by atoms with Crippen molar-refractivity contribution in [3.8, 4) is 11.5 Å². The van der Waals surface area contributed by atoms with Crippen LogP contribution in [0.15, 0.2) is 60.7 Å². The lowest BCUT2D eigenvalue weighted by Crippen LogP contribution is -2.51. The summed E-state index contributed by atoms with van der Waals surface area (Å²) < 4.78 is 39.3. The van der Waals surface area contributed by atoms with Gasteiger partial charge in [0.2, 0.25) is 0 Å². The number of aryl methyl sites for hydroxylation is 1. The van der Waals surface area contributed by atoms with Gasteiger partial charge in [0.1, 0.15) is 28.7 Å². The summed E-state index contributed by atoms with van der Waals surface area (Å²) in [5.41, 5.74) is -0.519. The third kappa shape index (κ3) is 7.81. The average molecular weight is 614 g/mol. The van der Waals surface area contributed by atoms with Crippen molar-refractivity contribution in [1.29, 1.82) is 0 Å². The Kier molecular flexibility index (Phi) is 9.29. The van der Waals surface area contributed by atoms with E-state index in [1.54, 1.807) is 58.0 Å². The van der Waals surface area contributed by atoms with E-state index in [0.29, 0.717) is 33.2 Å². The van der Waals surface area contributed by atoms with Gasteiger partial charge in [-0.1, -0.05) is 29.8 Å². The fourth-order valence-corrected chi connectivity index (χ4v) is 5.03. The molecule has 3 amide bonds. The molecular formula is C32H34ClF2N3O5. The maximum absolute atomic E-state index is 14.2. The lowest BCUT2D eigenvalue weighted by molar-refractivity contribution is -0.150. The maximum Gasteiger partial charge on any atom is 0.408 e. The number of alkyl carbamates (subject to hydrolysis) is 1. The summed E-state index contributed by atoms with van der Waals surface area (Å²) in [6.45, 7) is 6.87. The fourth-order valence-electron chi connectivity index (χ4n) is 4.87. The van der Waals surface area contributed by atoms with Gasteiger partial charge < -0.3 is 24.6 Å². The Balaban J connectivity index is 1.51. The molecule has 228 valence electrons. The zero-order chi connectivity index (χ0) is 31.5. The average Bonchev–Trinajstić information content (AvgIpc) is 3.35. The number of benzene rings is 3. The second-order valence-corrected chi connectivity index (χ2v) is 12.1. The van der Waals surface area contributed by atoms with Gasteiger partial charge in [0, 0.05) is 37.3 Å².